The summed E-state index contributed by atoms with van der Waals surface area (Å²) in [5.74, 6) is -0.901. The summed E-state index contributed by atoms with van der Waals surface area (Å²) in [4.78, 5) is 23.9. The molecule has 0 aliphatic carbocycles. The number of carbonyl (C=O) groups is 2. The van der Waals surface area contributed by atoms with E-state index < -0.39 is 5.91 Å². The van der Waals surface area contributed by atoms with Gasteiger partial charge in [-0.1, -0.05) is 12.1 Å². The molecule has 0 saturated heterocycles. The van der Waals surface area contributed by atoms with Crippen molar-refractivity contribution in [1.29, 1.82) is 0 Å². The monoisotopic (exact) mass is 300 g/mol. The van der Waals surface area contributed by atoms with Crippen LogP contribution in [0.1, 0.15) is 47.1 Å². The molecule has 1 aromatic heterocycles. The van der Waals surface area contributed by atoms with Gasteiger partial charge in [0.1, 0.15) is 0 Å². The number of anilines is 1. The van der Waals surface area contributed by atoms with Crippen molar-refractivity contribution in [3.8, 4) is 0 Å². The Labute approximate surface area is 129 Å². The fourth-order valence-corrected chi connectivity index (χ4v) is 2.10. The van der Waals surface area contributed by atoms with Gasteiger partial charge in [-0.15, -0.1) is 0 Å². The van der Waals surface area contributed by atoms with Gasteiger partial charge in [0.2, 0.25) is 0 Å². The largest absolute Gasteiger partial charge is 0.366 e. The van der Waals surface area contributed by atoms with E-state index in [9.17, 15) is 9.59 Å². The van der Waals surface area contributed by atoms with E-state index in [1.54, 1.807) is 36.0 Å². The molecule has 3 N–H and O–H groups in total. The maximum atomic E-state index is 12.3. The van der Waals surface area contributed by atoms with Crippen LogP contribution in [0.25, 0.3) is 0 Å². The van der Waals surface area contributed by atoms with Crippen LogP contribution in [0.3, 0.4) is 0 Å². The van der Waals surface area contributed by atoms with Gasteiger partial charge in [0.05, 0.1) is 28.6 Å². The van der Waals surface area contributed by atoms with Gasteiger partial charge in [-0.2, -0.15) is 5.10 Å². The number of nitrogens with one attached hydrogen (secondary N) is 1. The molecule has 0 unspecified atom stereocenters. The number of aromatic nitrogens is 2. The zero-order chi connectivity index (χ0) is 16.5. The van der Waals surface area contributed by atoms with Gasteiger partial charge in [0.15, 0.2) is 0 Å². The maximum absolute atomic E-state index is 12.3. The zero-order valence-electron chi connectivity index (χ0n) is 13.2. The molecule has 0 aliphatic heterocycles. The highest BCUT2D eigenvalue weighted by atomic mass is 16.2. The zero-order valence-corrected chi connectivity index (χ0v) is 13.2. The number of hydrogen-bond donors (Lipinski definition) is 2. The van der Waals surface area contributed by atoms with Crippen molar-refractivity contribution in [3.05, 3.63) is 47.3 Å². The van der Waals surface area contributed by atoms with Crippen molar-refractivity contribution in [1.82, 2.24) is 9.78 Å². The second kappa shape index (κ2) is 5.63. The number of primary amides is 1. The smallest absolute Gasteiger partial charge is 0.258 e. The van der Waals surface area contributed by atoms with Crippen molar-refractivity contribution in [2.24, 2.45) is 5.73 Å². The normalized spacial score (nSPS) is 11.3. The van der Waals surface area contributed by atoms with Crippen LogP contribution in [0.4, 0.5) is 5.69 Å². The van der Waals surface area contributed by atoms with E-state index in [-0.39, 0.29) is 11.4 Å². The molecule has 0 saturated carbocycles. The molecule has 0 spiro atoms. The molecule has 1 aromatic carbocycles. The van der Waals surface area contributed by atoms with Gasteiger partial charge < -0.3 is 11.1 Å². The van der Waals surface area contributed by atoms with Crippen LogP contribution >= 0.6 is 0 Å². The van der Waals surface area contributed by atoms with Gasteiger partial charge in [-0.05, 0) is 39.3 Å². The molecule has 0 radical (unpaired) electrons. The molecule has 6 heteroatoms. The summed E-state index contributed by atoms with van der Waals surface area (Å²) in [6.45, 7) is 7.75. The lowest BCUT2D eigenvalue weighted by Gasteiger charge is -2.18. The molecule has 0 atom stereocenters. The minimum absolute atomic E-state index is 0.208. The molecular weight excluding hydrogens is 280 g/mol. The van der Waals surface area contributed by atoms with Crippen LogP contribution in [-0.4, -0.2) is 21.6 Å². The first-order valence-electron chi connectivity index (χ1n) is 6.96. The van der Waals surface area contributed by atoms with Crippen LogP contribution < -0.4 is 11.1 Å². The summed E-state index contributed by atoms with van der Waals surface area (Å²) in [7, 11) is 0. The van der Waals surface area contributed by atoms with E-state index in [4.69, 9.17) is 5.73 Å². The first-order chi connectivity index (χ1) is 10.2. The Balaban J connectivity index is 2.28. The highest BCUT2D eigenvalue weighted by Gasteiger charge is 2.18. The molecule has 2 amide bonds. The Bertz CT molecular complexity index is 726. The van der Waals surface area contributed by atoms with Crippen molar-refractivity contribution in [2.45, 2.75) is 33.2 Å². The van der Waals surface area contributed by atoms with Crippen molar-refractivity contribution >= 4 is 17.5 Å². The third kappa shape index (κ3) is 3.16. The van der Waals surface area contributed by atoms with E-state index in [0.29, 0.717) is 16.8 Å². The van der Waals surface area contributed by atoms with E-state index in [1.807, 2.05) is 20.8 Å². The third-order valence-electron chi connectivity index (χ3n) is 3.30. The standard InChI is InChI=1S/C16H20N4O2/c1-10-6-5-7-12(13(10)14(17)21)19-15(22)11-8-18-20(9-11)16(2,3)4/h5-9H,1-4H3,(H2,17,21)(H,19,22). The van der Waals surface area contributed by atoms with Crippen molar-refractivity contribution in [3.63, 3.8) is 0 Å². The van der Waals surface area contributed by atoms with E-state index in [1.165, 1.54) is 6.20 Å². The number of hydrogen-bond acceptors (Lipinski definition) is 3. The Hall–Kier alpha value is -2.63. The number of amides is 2. The Kier molecular flexibility index (Phi) is 4.03. The highest BCUT2D eigenvalue weighted by Crippen LogP contribution is 2.20. The topological polar surface area (TPSA) is 90.0 Å². The molecule has 2 rings (SSSR count). The van der Waals surface area contributed by atoms with Gasteiger partial charge in [-0.25, -0.2) is 0 Å². The van der Waals surface area contributed by atoms with Crippen LogP contribution in [0.5, 0.6) is 0 Å². The number of nitrogens with two attached hydrogens (primary N) is 1. The molecule has 1 heterocycles. The molecule has 6 nitrogen and oxygen atoms in total. The number of nitrogens with zero attached hydrogens (tertiary/aromatic N) is 2. The van der Waals surface area contributed by atoms with Gasteiger partial charge in [-0.3, -0.25) is 14.3 Å². The van der Waals surface area contributed by atoms with Gasteiger partial charge in [0.25, 0.3) is 11.8 Å². The lowest BCUT2D eigenvalue weighted by Crippen LogP contribution is -2.22. The summed E-state index contributed by atoms with van der Waals surface area (Å²) in [5.41, 5.74) is 7.04. The van der Waals surface area contributed by atoms with Gasteiger partial charge >= 0.3 is 0 Å². The fourth-order valence-electron chi connectivity index (χ4n) is 2.10. The van der Waals surface area contributed by atoms with Crippen LogP contribution in [0, 0.1) is 6.92 Å². The van der Waals surface area contributed by atoms with Crippen LogP contribution in [0.2, 0.25) is 0 Å². The predicted molar refractivity (Wildman–Crippen MR) is 84.9 cm³/mol. The SMILES string of the molecule is Cc1cccc(NC(=O)c2cnn(C(C)(C)C)c2)c1C(N)=O. The third-order valence-corrected chi connectivity index (χ3v) is 3.30. The van der Waals surface area contributed by atoms with Crippen molar-refractivity contribution < 1.29 is 9.59 Å². The van der Waals surface area contributed by atoms with Crippen LogP contribution in [-0.2, 0) is 5.54 Å². The summed E-state index contributed by atoms with van der Waals surface area (Å²) in [5, 5.41) is 6.91. The highest BCUT2D eigenvalue weighted by molar-refractivity contribution is 6.09. The summed E-state index contributed by atoms with van der Waals surface area (Å²) in [6.07, 6.45) is 3.18. The molecule has 0 bridgehead atoms. The summed E-state index contributed by atoms with van der Waals surface area (Å²) < 4.78 is 1.72. The summed E-state index contributed by atoms with van der Waals surface area (Å²) in [6, 6.07) is 5.18. The Morgan fingerprint density at radius 2 is 1.95 bits per heavy atom. The number of rotatable bonds is 3. The lowest BCUT2D eigenvalue weighted by molar-refractivity contribution is 0.100. The molecule has 116 valence electrons. The fraction of sp³-hybridized carbons (Fsp3) is 0.312. The van der Waals surface area contributed by atoms with Crippen molar-refractivity contribution in [2.75, 3.05) is 5.32 Å². The average molecular weight is 300 g/mol. The number of carbonyl (C=O) groups excluding carboxylic acids is 2. The van der Waals surface area contributed by atoms with Crippen LogP contribution in [0.15, 0.2) is 30.6 Å². The summed E-state index contributed by atoms with van der Waals surface area (Å²) >= 11 is 0. The average Bonchev–Trinajstić information content (AvgIpc) is 2.87. The second-order valence-electron chi connectivity index (χ2n) is 6.16. The predicted octanol–water partition coefficient (Wildman–Crippen LogP) is 2.30. The number of aryl methyl sites for hydroxylation is 1. The Morgan fingerprint density at radius 1 is 1.27 bits per heavy atom. The number of benzene rings is 1. The van der Waals surface area contributed by atoms with Gasteiger partial charge in [0, 0.05) is 6.20 Å². The molecule has 0 fully saturated rings. The molecule has 22 heavy (non-hydrogen) atoms. The van der Waals surface area contributed by atoms with E-state index >= 15 is 0 Å². The Morgan fingerprint density at radius 3 is 2.50 bits per heavy atom. The first kappa shape index (κ1) is 15.8. The van der Waals surface area contributed by atoms with E-state index in [0.717, 1.165) is 5.56 Å². The molecular formula is C16H20N4O2. The minimum atomic E-state index is -0.571. The molecule has 2 aromatic rings. The first-order valence-corrected chi connectivity index (χ1v) is 6.96. The minimum Gasteiger partial charge on any atom is -0.366 e. The second-order valence-corrected chi connectivity index (χ2v) is 6.16. The quantitative estimate of drug-likeness (QED) is 0.911. The molecule has 0 aliphatic rings. The van der Waals surface area contributed by atoms with E-state index in [2.05, 4.69) is 10.4 Å². The maximum Gasteiger partial charge on any atom is 0.258 e. The lowest BCUT2D eigenvalue weighted by atomic mass is 10.1.